The largest absolute Gasteiger partial charge is 0.463 e. The molecule has 1 fully saturated rings. The van der Waals surface area contributed by atoms with Crippen LogP contribution in [0.15, 0.2) is 59.2 Å². The maximum absolute atomic E-state index is 13.9. The number of nitrogens with zero attached hydrogens (tertiary/aromatic N) is 2. The molecule has 2 aromatic heterocycles. The average molecular weight is 480 g/mol. The lowest BCUT2D eigenvalue weighted by Gasteiger charge is -2.45. The van der Waals surface area contributed by atoms with Crippen LogP contribution in [0.5, 0.6) is 0 Å². The van der Waals surface area contributed by atoms with Gasteiger partial charge in [0, 0.05) is 17.6 Å². The van der Waals surface area contributed by atoms with E-state index in [0.717, 1.165) is 36.9 Å². The Hall–Kier alpha value is -2.99. The summed E-state index contributed by atoms with van der Waals surface area (Å²) in [7, 11) is 0. The zero-order chi connectivity index (χ0) is 23.9. The molecule has 2 aliphatic rings. The normalized spacial score (nSPS) is 24.7. The van der Waals surface area contributed by atoms with Crippen LogP contribution in [0.4, 0.5) is 0 Å². The van der Waals surface area contributed by atoms with E-state index in [4.69, 9.17) is 16.0 Å². The summed E-state index contributed by atoms with van der Waals surface area (Å²) >= 11 is 6.45. The monoisotopic (exact) mass is 479 g/mol. The van der Waals surface area contributed by atoms with Crippen molar-refractivity contribution in [1.29, 1.82) is 0 Å². The van der Waals surface area contributed by atoms with Crippen molar-refractivity contribution in [2.75, 3.05) is 0 Å². The van der Waals surface area contributed by atoms with E-state index < -0.39 is 5.54 Å². The molecule has 0 bridgehead atoms. The van der Waals surface area contributed by atoms with Gasteiger partial charge in [-0.15, -0.1) is 0 Å². The highest BCUT2D eigenvalue weighted by Crippen LogP contribution is 2.35. The molecule has 7 heteroatoms. The van der Waals surface area contributed by atoms with Gasteiger partial charge >= 0.3 is 0 Å². The fourth-order valence-electron chi connectivity index (χ4n) is 5.20. The van der Waals surface area contributed by atoms with Crippen LogP contribution in [-0.4, -0.2) is 32.9 Å². The lowest BCUT2D eigenvalue weighted by atomic mass is 9.86. The molecule has 1 aliphatic heterocycles. The van der Waals surface area contributed by atoms with Crippen molar-refractivity contribution in [3.8, 4) is 11.5 Å². The minimum absolute atomic E-state index is 0.128. The first-order valence-electron chi connectivity index (χ1n) is 12.0. The summed E-state index contributed by atoms with van der Waals surface area (Å²) in [5.41, 5.74) is 1.05. The Bertz CT molecular complexity index is 1190. The van der Waals surface area contributed by atoms with Crippen molar-refractivity contribution >= 4 is 23.4 Å². The fraction of sp³-hybridized carbons (Fsp3) is 0.407. The SMILES string of the molecule is CC1CCC(NC(=O)[C@]2(C)Cn3c(ccc3-c3ccco3)C(=O)N2Cc2ccccc2Cl)CC1. The number of hydrogen-bond donors (Lipinski definition) is 1. The molecule has 34 heavy (non-hydrogen) atoms. The first kappa shape index (κ1) is 22.8. The third-order valence-corrected chi connectivity index (χ3v) is 7.78. The van der Waals surface area contributed by atoms with Crippen molar-refractivity contribution in [3.63, 3.8) is 0 Å². The van der Waals surface area contributed by atoms with Gasteiger partial charge in [-0.1, -0.05) is 36.7 Å². The van der Waals surface area contributed by atoms with E-state index in [1.807, 2.05) is 54.0 Å². The van der Waals surface area contributed by atoms with Crippen molar-refractivity contribution < 1.29 is 14.0 Å². The molecule has 0 saturated heterocycles. The van der Waals surface area contributed by atoms with Crippen molar-refractivity contribution in [2.24, 2.45) is 5.92 Å². The predicted octanol–water partition coefficient (Wildman–Crippen LogP) is 5.51. The van der Waals surface area contributed by atoms with Crippen LogP contribution in [0.3, 0.4) is 0 Å². The first-order valence-corrected chi connectivity index (χ1v) is 12.3. The molecule has 0 unspecified atom stereocenters. The molecule has 1 atom stereocenters. The zero-order valence-corrected chi connectivity index (χ0v) is 20.3. The summed E-state index contributed by atoms with van der Waals surface area (Å²) in [4.78, 5) is 29.4. The highest BCUT2D eigenvalue weighted by atomic mass is 35.5. The number of halogens is 1. The summed E-state index contributed by atoms with van der Waals surface area (Å²) < 4.78 is 7.52. The molecule has 1 N–H and O–H groups in total. The van der Waals surface area contributed by atoms with Gasteiger partial charge < -0.3 is 19.2 Å². The lowest BCUT2D eigenvalue weighted by Crippen LogP contribution is -2.64. The molecular weight excluding hydrogens is 450 g/mol. The molecule has 0 radical (unpaired) electrons. The molecule has 6 nitrogen and oxygen atoms in total. The number of carbonyl (C=O) groups is 2. The van der Waals surface area contributed by atoms with Gasteiger partial charge in [0.05, 0.1) is 18.5 Å². The molecule has 5 rings (SSSR count). The quantitative estimate of drug-likeness (QED) is 0.524. The predicted molar refractivity (Wildman–Crippen MR) is 131 cm³/mol. The molecule has 3 aromatic rings. The minimum atomic E-state index is -1.09. The van der Waals surface area contributed by atoms with Crippen molar-refractivity contribution in [2.45, 2.75) is 64.2 Å². The van der Waals surface area contributed by atoms with E-state index >= 15 is 0 Å². The second kappa shape index (κ2) is 8.99. The number of nitrogens with one attached hydrogen (secondary N) is 1. The molecule has 3 heterocycles. The van der Waals surface area contributed by atoms with E-state index in [9.17, 15) is 9.59 Å². The number of rotatable bonds is 5. The van der Waals surface area contributed by atoms with E-state index in [-0.39, 0.29) is 24.4 Å². The van der Waals surface area contributed by atoms with Gasteiger partial charge in [-0.05, 0) is 74.4 Å². The average Bonchev–Trinajstić information content (AvgIpc) is 3.49. The van der Waals surface area contributed by atoms with Crippen LogP contribution in [0.1, 0.15) is 55.6 Å². The Morgan fingerprint density at radius 3 is 2.53 bits per heavy atom. The van der Waals surface area contributed by atoms with Crippen LogP contribution >= 0.6 is 11.6 Å². The molecule has 178 valence electrons. The topological polar surface area (TPSA) is 67.5 Å². The maximum Gasteiger partial charge on any atom is 0.271 e. The van der Waals surface area contributed by atoms with Crippen LogP contribution in [0, 0.1) is 5.92 Å². The summed E-state index contributed by atoms with van der Waals surface area (Å²) in [6.45, 7) is 4.70. The minimum Gasteiger partial charge on any atom is -0.463 e. The molecule has 1 saturated carbocycles. The summed E-state index contributed by atoms with van der Waals surface area (Å²) in [5.74, 6) is 1.04. The number of aromatic nitrogens is 1. The summed E-state index contributed by atoms with van der Waals surface area (Å²) in [6.07, 6.45) is 5.75. The number of carbonyl (C=O) groups excluding carboxylic acids is 2. The third kappa shape index (κ3) is 4.05. The molecule has 2 amide bonds. The smallest absolute Gasteiger partial charge is 0.271 e. The van der Waals surface area contributed by atoms with Crippen LogP contribution < -0.4 is 5.32 Å². The Kier molecular flexibility index (Phi) is 6.02. The summed E-state index contributed by atoms with van der Waals surface area (Å²) in [6, 6.07) is 15.0. The van der Waals surface area contributed by atoms with E-state index in [1.165, 1.54) is 0 Å². The molecule has 1 aromatic carbocycles. The van der Waals surface area contributed by atoms with Gasteiger partial charge in [-0.3, -0.25) is 9.59 Å². The second-order valence-corrected chi connectivity index (χ2v) is 10.3. The van der Waals surface area contributed by atoms with Crippen molar-refractivity contribution in [1.82, 2.24) is 14.8 Å². The maximum atomic E-state index is 13.9. The van der Waals surface area contributed by atoms with Gasteiger partial charge in [0.15, 0.2) is 0 Å². The standard InChI is InChI=1S/C27H30ClN3O3/c1-18-9-11-20(12-10-18)29-26(33)27(2)17-30-22(24-8-5-15-34-24)13-14-23(30)25(32)31(27)16-19-6-3-4-7-21(19)28/h3-8,13-15,18,20H,9-12,16-17H2,1-2H3,(H,29,33)/t18?,20?,27-/m0/s1. The van der Waals surface area contributed by atoms with Crippen LogP contribution in [-0.2, 0) is 17.9 Å². The first-order chi connectivity index (χ1) is 16.4. The van der Waals surface area contributed by atoms with Gasteiger partial charge in [0.1, 0.15) is 17.0 Å². The van der Waals surface area contributed by atoms with Crippen molar-refractivity contribution in [3.05, 3.63) is 71.1 Å². The molecular formula is C27H30ClN3O3. The van der Waals surface area contributed by atoms with Gasteiger partial charge in [0.2, 0.25) is 5.91 Å². The van der Waals surface area contributed by atoms with E-state index in [1.54, 1.807) is 17.2 Å². The number of amides is 2. The van der Waals surface area contributed by atoms with Crippen LogP contribution in [0.2, 0.25) is 5.02 Å². The zero-order valence-electron chi connectivity index (χ0n) is 19.6. The Morgan fingerprint density at radius 2 is 1.82 bits per heavy atom. The lowest BCUT2D eigenvalue weighted by molar-refractivity contribution is -0.134. The van der Waals surface area contributed by atoms with Gasteiger partial charge in [-0.2, -0.15) is 0 Å². The third-order valence-electron chi connectivity index (χ3n) is 7.41. The van der Waals surface area contributed by atoms with Crippen LogP contribution in [0.25, 0.3) is 11.5 Å². The highest BCUT2D eigenvalue weighted by molar-refractivity contribution is 6.31. The summed E-state index contributed by atoms with van der Waals surface area (Å²) in [5, 5.41) is 3.86. The number of fused-ring (bicyclic) bond motifs is 1. The Labute approximate surface area is 204 Å². The van der Waals surface area contributed by atoms with E-state index in [0.29, 0.717) is 28.9 Å². The van der Waals surface area contributed by atoms with Gasteiger partial charge in [0.25, 0.3) is 5.91 Å². The second-order valence-electron chi connectivity index (χ2n) is 9.85. The molecule has 0 spiro atoms. The highest BCUT2D eigenvalue weighted by Gasteiger charge is 2.48. The van der Waals surface area contributed by atoms with E-state index in [2.05, 4.69) is 12.2 Å². The number of benzene rings is 1. The fourth-order valence-corrected chi connectivity index (χ4v) is 5.40. The number of hydrogen-bond acceptors (Lipinski definition) is 3. The molecule has 1 aliphatic carbocycles. The van der Waals surface area contributed by atoms with Gasteiger partial charge in [-0.25, -0.2) is 0 Å². The number of furan rings is 1. The Morgan fingerprint density at radius 1 is 1.09 bits per heavy atom. The Balaban J connectivity index is 1.52.